The van der Waals surface area contributed by atoms with Crippen LogP contribution < -0.4 is 11.0 Å². The summed E-state index contributed by atoms with van der Waals surface area (Å²) in [5.41, 5.74) is -0.484. The van der Waals surface area contributed by atoms with Crippen molar-refractivity contribution in [2.24, 2.45) is 0 Å². The standard InChI is InChI=1S/C9H8BNO3/c12-9-8(10(13)14)7-4-2-1-3-6(7)5-11-9/h1-5,13-14H,(H,11,12). The maximum absolute atomic E-state index is 11.3. The molecule has 0 radical (unpaired) electrons. The van der Waals surface area contributed by atoms with Crippen LogP contribution >= 0.6 is 0 Å². The molecule has 0 aliphatic heterocycles. The van der Waals surface area contributed by atoms with Crippen LogP contribution in [0.1, 0.15) is 0 Å². The van der Waals surface area contributed by atoms with Gasteiger partial charge in [0.1, 0.15) is 0 Å². The van der Waals surface area contributed by atoms with E-state index in [1.165, 1.54) is 0 Å². The van der Waals surface area contributed by atoms with Crippen LogP contribution in [0.15, 0.2) is 35.3 Å². The zero-order valence-electron chi connectivity index (χ0n) is 7.27. The Hall–Kier alpha value is -1.59. The van der Waals surface area contributed by atoms with Crippen molar-refractivity contribution in [2.75, 3.05) is 0 Å². The molecular formula is C9H8BNO3. The van der Waals surface area contributed by atoms with Crippen molar-refractivity contribution in [1.29, 1.82) is 0 Å². The van der Waals surface area contributed by atoms with Crippen LogP contribution in [0, 0.1) is 0 Å². The van der Waals surface area contributed by atoms with Gasteiger partial charge < -0.3 is 15.0 Å². The van der Waals surface area contributed by atoms with Crippen LogP contribution in [0.25, 0.3) is 10.8 Å². The van der Waals surface area contributed by atoms with Crippen LogP contribution in [0.3, 0.4) is 0 Å². The predicted molar refractivity (Wildman–Crippen MR) is 54.4 cm³/mol. The van der Waals surface area contributed by atoms with Crippen LogP contribution in [0.2, 0.25) is 0 Å². The second kappa shape index (κ2) is 3.28. The second-order valence-electron chi connectivity index (χ2n) is 2.99. The zero-order valence-corrected chi connectivity index (χ0v) is 7.27. The van der Waals surface area contributed by atoms with E-state index in [1.54, 1.807) is 24.4 Å². The Balaban J connectivity index is 2.90. The largest absolute Gasteiger partial charge is 0.494 e. The van der Waals surface area contributed by atoms with E-state index < -0.39 is 12.7 Å². The van der Waals surface area contributed by atoms with E-state index in [0.717, 1.165) is 5.39 Å². The summed E-state index contributed by atoms with van der Waals surface area (Å²) in [6.45, 7) is 0. The summed E-state index contributed by atoms with van der Waals surface area (Å²) in [5.74, 6) is 0. The number of aromatic amines is 1. The molecule has 1 heterocycles. The fourth-order valence-corrected chi connectivity index (χ4v) is 1.47. The molecule has 2 rings (SSSR count). The monoisotopic (exact) mass is 189 g/mol. The second-order valence-corrected chi connectivity index (χ2v) is 2.99. The first kappa shape index (κ1) is 8.99. The van der Waals surface area contributed by atoms with Gasteiger partial charge in [0.15, 0.2) is 0 Å². The van der Waals surface area contributed by atoms with Gasteiger partial charge in [-0.2, -0.15) is 0 Å². The van der Waals surface area contributed by atoms with Crippen LogP contribution in [-0.2, 0) is 0 Å². The molecule has 0 unspecified atom stereocenters. The average Bonchev–Trinajstić information content (AvgIpc) is 2.17. The Labute approximate surface area is 80.0 Å². The maximum Gasteiger partial charge on any atom is 0.494 e. The molecule has 70 valence electrons. The molecule has 0 saturated heterocycles. The molecular weight excluding hydrogens is 181 g/mol. The minimum absolute atomic E-state index is 0.0110. The Morgan fingerprint density at radius 3 is 2.64 bits per heavy atom. The van der Waals surface area contributed by atoms with Gasteiger partial charge in [-0.3, -0.25) is 4.79 Å². The molecule has 4 nitrogen and oxygen atoms in total. The van der Waals surface area contributed by atoms with Crippen molar-refractivity contribution < 1.29 is 10.0 Å². The molecule has 0 spiro atoms. The van der Waals surface area contributed by atoms with Gasteiger partial charge in [-0.25, -0.2) is 0 Å². The highest BCUT2D eigenvalue weighted by atomic mass is 16.4. The summed E-state index contributed by atoms with van der Waals surface area (Å²) in [6.07, 6.45) is 1.55. The van der Waals surface area contributed by atoms with Crippen LogP contribution in [0.5, 0.6) is 0 Å². The number of fused-ring (bicyclic) bond motifs is 1. The van der Waals surface area contributed by atoms with Gasteiger partial charge in [0.05, 0.1) is 5.46 Å². The van der Waals surface area contributed by atoms with E-state index in [0.29, 0.717) is 5.39 Å². The van der Waals surface area contributed by atoms with Crippen molar-refractivity contribution in [1.82, 2.24) is 4.98 Å². The van der Waals surface area contributed by atoms with Crippen molar-refractivity contribution >= 4 is 23.4 Å². The van der Waals surface area contributed by atoms with Crippen LogP contribution in [0.4, 0.5) is 0 Å². The van der Waals surface area contributed by atoms with E-state index in [2.05, 4.69) is 4.98 Å². The molecule has 1 aromatic carbocycles. The highest BCUT2D eigenvalue weighted by molar-refractivity contribution is 6.61. The number of H-pyrrole nitrogens is 1. The Bertz CT molecular complexity index is 521. The summed E-state index contributed by atoms with van der Waals surface area (Å²) < 4.78 is 0. The zero-order chi connectivity index (χ0) is 10.1. The van der Waals surface area contributed by atoms with Gasteiger partial charge in [0, 0.05) is 6.20 Å². The van der Waals surface area contributed by atoms with E-state index in [4.69, 9.17) is 10.0 Å². The number of pyridine rings is 1. The lowest BCUT2D eigenvalue weighted by Gasteiger charge is -2.03. The summed E-state index contributed by atoms with van der Waals surface area (Å²) in [4.78, 5) is 13.7. The smallest absolute Gasteiger partial charge is 0.423 e. The third kappa shape index (κ3) is 1.32. The molecule has 0 saturated carbocycles. The Morgan fingerprint density at radius 2 is 1.93 bits per heavy atom. The minimum atomic E-state index is -1.75. The quantitative estimate of drug-likeness (QED) is 0.514. The van der Waals surface area contributed by atoms with Crippen molar-refractivity contribution in [3.8, 4) is 0 Å². The van der Waals surface area contributed by atoms with Gasteiger partial charge in [-0.15, -0.1) is 0 Å². The third-order valence-electron chi connectivity index (χ3n) is 2.11. The summed E-state index contributed by atoms with van der Waals surface area (Å²) in [6, 6.07) is 7.03. The normalized spacial score (nSPS) is 10.4. The van der Waals surface area contributed by atoms with Crippen molar-refractivity contribution in [3.05, 3.63) is 40.8 Å². The number of hydrogen-bond donors (Lipinski definition) is 3. The number of rotatable bonds is 1. The number of nitrogens with one attached hydrogen (secondary N) is 1. The SMILES string of the molecule is O=c1[nH]cc2ccccc2c1B(O)O. The predicted octanol–water partition coefficient (Wildman–Crippen LogP) is -0.792. The Morgan fingerprint density at radius 1 is 1.21 bits per heavy atom. The fourth-order valence-electron chi connectivity index (χ4n) is 1.47. The summed E-state index contributed by atoms with van der Waals surface area (Å²) in [7, 11) is -1.75. The first-order valence-electron chi connectivity index (χ1n) is 4.16. The minimum Gasteiger partial charge on any atom is -0.423 e. The maximum atomic E-state index is 11.3. The first-order valence-corrected chi connectivity index (χ1v) is 4.16. The molecule has 0 aliphatic carbocycles. The number of benzene rings is 1. The lowest BCUT2D eigenvalue weighted by molar-refractivity contribution is 0.425. The lowest BCUT2D eigenvalue weighted by Crippen LogP contribution is -2.42. The topological polar surface area (TPSA) is 73.3 Å². The molecule has 3 N–H and O–H groups in total. The first-order chi connectivity index (χ1) is 6.70. The molecule has 1 aromatic heterocycles. The van der Waals surface area contributed by atoms with Gasteiger partial charge in [-0.1, -0.05) is 24.3 Å². The number of aromatic nitrogens is 1. The van der Waals surface area contributed by atoms with Crippen molar-refractivity contribution in [3.63, 3.8) is 0 Å². The average molecular weight is 189 g/mol. The van der Waals surface area contributed by atoms with Gasteiger partial charge in [0.2, 0.25) is 5.56 Å². The molecule has 0 atom stereocenters. The molecule has 5 heteroatoms. The Kier molecular flexibility index (Phi) is 2.11. The summed E-state index contributed by atoms with van der Waals surface area (Å²) >= 11 is 0. The van der Waals surface area contributed by atoms with Gasteiger partial charge in [0.25, 0.3) is 0 Å². The summed E-state index contributed by atoms with van der Waals surface area (Å²) in [5, 5.41) is 19.4. The van der Waals surface area contributed by atoms with E-state index in [1.807, 2.05) is 6.07 Å². The molecule has 0 amide bonds. The molecule has 0 aliphatic rings. The van der Waals surface area contributed by atoms with Crippen molar-refractivity contribution in [2.45, 2.75) is 0 Å². The van der Waals surface area contributed by atoms with Crippen LogP contribution in [-0.4, -0.2) is 22.2 Å². The third-order valence-corrected chi connectivity index (χ3v) is 2.11. The molecule has 2 aromatic rings. The molecule has 14 heavy (non-hydrogen) atoms. The lowest BCUT2D eigenvalue weighted by atomic mass is 9.78. The fraction of sp³-hybridized carbons (Fsp3) is 0. The van der Waals surface area contributed by atoms with Gasteiger partial charge in [-0.05, 0) is 10.8 Å². The highest BCUT2D eigenvalue weighted by Crippen LogP contribution is 2.07. The van der Waals surface area contributed by atoms with E-state index in [-0.39, 0.29) is 5.46 Å². The molecule has 0 bridgehead atoms. The molecule has 0 fully saturated rings. The van der Waals surface area contributed by atoms with E-state index >= 15 is 0 Å². The van der Waals surface area contributed by atoms with E-state index in [9.17, 15) is 4.79 Å². The highest BCUT2D eigenvalue weighted by Gasteiger charge is 2.18. The van der Waals surface area contributed by atoms with Gasteiger partial charge >= 0.3 is 7.12 Å². The number of hydrogen-bond acceptors (Lipinski definition) is 3.